The van der Waals surface area contributed by atoms with Gasteiger partial charge in [0.15, 0.2) is 0 Å². The molecule has 1 aromatic carbocycles. The average Bonchev–Trinajstić information content (AvgIpc) is 2.90. The Morgan fingerprint density at radius 1 is 1.37 bits per heavy atom. The van der Waals surface area contributed by atoms with Crippen LogP contribution in [0.3, 0.4) is 0 Å². The first-order chi connectivity index (χ1) is 9.29. The van der Waals surface area contributed by atoms with Crippen molar-refractivity contribution in [2.24, 2.45) is 0 Å². The summed E-state index contributed by atoms with van der Waals surface area (Å²) < 4.78 is 0. The zero-order valence-corrected chi connectivity index (χ0v) is 11.8. The van der Waals surface area contributed by atoms with Crippen LogP contribution in [0.2, 0.25) is 0 Å². The second-order valence-electron chi connectivity index (χ2n) is 4.68. The van der Waals surface area contributed by atoms with E-state index in [1.165, 1.54) is 12.8 Å². The first kappa shape index (κ1) is 14.0. The SMILES string of the molecule is C=CCSc1ccccc1NC(=O)NC1CCCC1. The number of carbonyl (C=O) groups is 1. The van der Waals surface area contributed by atoms with E-state index < -0.39 is 0 Å². The second-order valence-corrected chi connectivity index (χ2v) is 5.74. The molecule has 0 aromatic heterocycles. The highest BCUT2D eigenvalue weighted by atomic mass is 32.2. The molecule has 2 amide bonds. The summed E-state index contributed by atoms with van der Waals surface area (Å²) in [6.45, 7) is 3.71. The Bertz CT molecular complexity index is 442. The summed E-state index contributed by atoms with van der Waals surface area (Å²) in [7, 11) is 0. The van der Waals surface area contributed by atoms with Gasteiger partial charge in [-0.3, -0.25) is 0 Å². The summed E-state index contributed by atoms with van der Waals surface area (Å²) in [6, 6.07) is 8.10. The fourth-order valence-corrected chi connectivity index (χ4v) is 3.01. The lowest BCUT2D eigenvalue weighted by Crippen LogP contribution is -2.36. The van der Waals surface area contributed by atoms with Crippen LogP contribution >= 0.6 is 11.8 Å². The molecule has 1 aliphatic rings. The molecule has 1 aromatic rings. The minimum Gasteiger partial charge on any atom is -0.335 e. The Balaban J connectivity index is 1.93. The van der Waals surface area contributed by atoms with Crippen molar-refractivity contribution in [3.05, 3.63) is 36.9 Å². The highest BCUT2D eigenvalue weighted by Gasteiger charge is 2.17. The standard InChI is InChI=1S/C15H20N2OS/c1-2-11-19-14-10-6-5-9-13(14)17-15(18)16-12-7-3-4-8-12/h2,5-6,9-10,12H,1,3-4,7-8,11H2,(H2,16,17,18). The zero-order chi connectivity index (χ0) is 13.5. The number of para-hydroxylation sites is 1. The quantitative estimate of drug-likeness (QED) is 0.630. The number of anilines is 1. The number of carbonyl (C=O) groups excluding carboxylic acids is 1. The van der Waals surface area contributed by atoms with Crippen LogP contribution in [-0.2, 0) is 0 Å². The molecule has 2 N–H and O–H groups in total. The molecule has 0 atom stereocenters. The highest BCUT2D eigenvalue weighted by Crippen LogP contribution is 2.27. The Morgan fingerprint density at radius 3 is 2.84 bits per heavy atom. The summed E-state index contributed by atoms with van der Waals surface area (Å²) >= 11 is 1.67. The molecule has 2 rings (SSSR count). The Hall–Kier alpha value is -1.42. The van der Waals surface area contributed by atoms with Crippen LogP contribution in [0.15, 0.2) is 41.8 Å². The molecule has 1 saturated carbocycles. The Morgan fingerprint density at radius 2 is 2.11 bits per heavy atom. The average molecular weight is 276 g/mol. The van der Waals surface area contributed by atoms with Gasteiger partial charge in [0.25, 0.3) is 0 Å². The smallest absolute Gasteiger partial charge is 0.319 e. The Labute approximate surface area is 118 Å². The summed E-state index contributed by atoms with van der Waals surface area (Å²) in [6.07, 6.45) is 6.49. The minimum atomic E-state index is -0.0986. The van der Waals surface area contributed by atoms with Crippen LogP contribution in [-0.4, -0.2) is 17.8 Å². The van der Waals surface area contributed by atoms with Gasteiger partial charge in [0.05, 0.1) is 5.69 Å². The number of rotatable bonds is 5. The second kappa shape index (κ2) is 7.24. The van der Waals surface area contributed by atoms with Gasteiger partial charge in [0, 0.05) is 16.7 Å². The largest absolute Gasteiger partial charge is 0.335 e. The number of hydrogen-bond acceptors (Lipinski definition) is 2. The summed E-state index contributed by atoms with van der Waals surface area (Å²) in [5.74, 6) is 0.836. The number of thioether (sulfide) groups is 1. The lowest BCUT2D eigenvalue weighted by Gasteiger charge is -2.14. The topological polar surface area (TPSA) is 41.1 Å². The number of hydrogen-bond donors (Lipinski definition) is 2. The molecule has 0 spiro atoms. The number of urea groups is 1. The van der Waals surface area contributed by atoms with E-state index in [1.54, 1.807) is 11.8 Å². The lowest BCUT2D eigenvalue weighted by molar-refractivity contribution is 0.248. The first-order valence-corrected chi connectivity index (χ1v) is 7.68. The highest BCUT2D eigenvalue weighted by molar-refractivity contribution is 7.99. The molecular formula is C15H20N2OS. The van der Waals surface area contributed by atoms with Crippen molar-refractivity contribution in [1.29, 1.82) is 0 Å². The molecule has 0 aliphatic heterocycles. The van der Waals surface area contributed by atoms with Crippen molar-refractivity contribution in [3.8, 4) is 0 Å². The van der Waals surface area contributed by atoms with E-state index >= 15 is 0 Å². The molecule has 102 valence electrons. The van der Waals surface area contributed by atoms with Gasteiger partial charge in [0.2, 0.25) is 0 Å². The van der Waals surface area contributed by atoms with Crippen LogP contribution in [0.4, 0.5) is 10.5 Å². The maximum atomic E-state index is 11.9. The third-order valence-corrected chi connectivity index (χ3v) is 4.25. The van der Waals surface area contributed by atoms with E-state index in [0.717, 1.165) is 29.2 Å². The van der Waals surface area contributed by atoms with Gasteiger partial charge in [-0.1, -0.05) is 31.1 Å². The van der Waals surface area contributed by atoms with Gasteiger partial charge in [-0.15, -0.1) is 18.3 Å². The van der Waals surface area contributed by atoms with Crippen LogP contribution in [0.25, 0.3) is 0 Å². The first-order valence-electron chi connectivity index (χ1n) is 6.70. The number of amides is 2. The monoisotopic (exact) mass is 276 g/mol. The fraction of sp³-hybridized carbons (Fsp3) is 0.400. The zero-order valence-electron chi connectivity index (χ0n) is 11.0. The van der Waals surface area contributed by atoms with Crippen molar-refractivity contribution < 1.29 is 4.79 Å². The third-order valence-electron chi connectivity index (χ3n) is 3.18. The van der Waals surface area contributed by atoms with Gasteiger partial charge in [-0.05, 0) is 25.0 Å². The molecule has 19 heavy (non-hydrogen) atoms. The fourth-order valence-electron chi connectivity index (χ4n) is 2.26. The van der Waals surface area contributed by atoms with Crippen molar-refractivity contribution in [3.63, 3.8) is 0 Å². The molecule has 0 unspecified atom stereocenters. The van der Waals surface area contributed by atoms with Crippen molar-refractivity contribution in [2.45, 2.75) is 36.6 Å². The summed E-state index contributed by atoms with van der Waals surface area (Å²) in [5, 5.41) is 5.97. The maximum Gasteiger partial charge on any atom is 0.319 e. The molecular weight excluding hydrogens is 256 g/mol. The van der Waals surface area contributed by atoms with E-state index in [0.29, 0.717) is 6.04 Å². The van der Waals surface area contributed by atoms with Crippen molar-refractivity contribution in [2.75, 3.05) is 11.1 Å². The van der Waals surface area contributed by atoms with Gasteiger partial charge >= 0.3 is 6.03 Å². The molecule has 3 nitrogen and oxygen atoms in total. The predicted molar refractivity (Wildman–Crippen MR) is 81.8 cm³/mol. The van der Waals surface area contributed by atoms with Crippen LogP contribution in [0.1, 0.15) is 25.7 Å². The number of nitrogens with one attached hydrogen (secondary N) is 2. The van der Waals surface area contributed by atoms with Crippen molar-refractivity contribution in [1.82, 2.24) is 5.32 Å². The van der Waals surface area contributed by atoms with Gasteiger partial charge in [-0.25, -0.2) is 4.79 Å². The molecule has 1 aliphatic carbocycles. The number of benzene rings is 1. The Kier molecular flexibility index (Phi) is 5.33. The molecule has 0 saturated heterocycles. The molecule has 4 heteroatoms. The summed E-state index contributed by atoms with van der Waals surface area (Å²) in [4.78, 5) is 13.0. The normalized spacial score (nSPS) is 15.2. The van der Waals surface area contributed by atoms with Gasteiger partial charge < -0.3 is 10.6 Å². The molecule has 0 radical (unpaired) electrons. The van der Waals surface area contributed by atoms with E-state index in [1.807, 2.05) is 30.3 Å². The van der Waals surface area contributed by atoms with E-state index in [2.05, 4.69) is 17.2 Å². The molecule has 0 bridgehead atoms. The van der Waals surface area contributed by atoms with Crippen LogP contribution < -0.4 is 10.6 Å². The van der Waals surface area contributed by atoms with Crippen LogP contribution in [0, 0.1) is 0 Å². The van der Waals surface area contributed by atoms with Gasteiger partial charge in [-0.2, -0.15) is 0 Å². The van der Waals surface area contributed by atoms with E-state index in [4.69, 9.17) is 0 Å². The summed E-state index contributed by atoms with van der Waals surface area (Å²) in [5.41, 5.74) is 0.866. The van der Waals surface area contributed by atoms with Crippen molar-refractivity contribution >= 4 is 23.5 Å². The maximum absolute atomic E-state index is 11.9. The lowest BCUT2D eigenvalue weighted by atomic mass is 10.2. The molecule has 1 fully saturated rings. The third kappa shape index (κ3) is 4.31. The van der Waals surface area contributed by atoms with Crippen LogP contribution in [0.5, 0.6) is 0 Å². The van der Waals surface area contributed by atoms with Gasteiger partial charge in [0.1, 0.15) is 0 Å². The predicted octanol–water partition coefficient (Wildman–Crippen LogP) is 4.03. The minimum absolute atomic E-state index is 0.0986. The van der Waals surface area contributed by atoms with E-state index in [-0.39, 0.29) is 6.03 Å². The van der Waals surface area contributed by atoms with E-state index in [9.17, 15) is 4.79 Å². The molecule has 0 heterocycles.